The largest absolute Gasteiger partial charge is 0.381 e. The molecule has 2 rings (SSSR count). The van der Waals surface area contributed by atoms with Gasteiger partial charge >= 0.3 is 0 Å². The zero-order chi connectivity index (χ0) is 12.5. The van der Waals surface area contributed by atoms with Crippen molar-refractivity contribution in [3.63, 3.8) is 0 Å². The van der Waals surface area contributed by atoms with Gasteiger partial charge in [-0.25, -0.2) is 13.1 Å². The van der Waals surface area contributed by atoms with Gasteiger partial charge in [0.1, 0.15) is 4.90 Å². The van der Waals surface area contributed by atoms with Gasteiger partial charge in [-0.15, -0.1) is 0 Å². The molecule has 0 heterocycles. The lowest BCUT2D eigenvalue weighted by atomic mass is 10.3. The van der Waals surface area contributed by atoms with Gasteiger partial charge in [0.2, 0.25) is 10.0 Å². The van der Waals surface area contributed by atoms with Gasteiger partial charge < -0.3 is 5.32 Å². The van der Waals surface area contributed by atoms with Gasteiger partial charge in [-0.2, -0.15) is 0 Å². The van der Waals surface area contributed by atoms with Crippen molar-refractivity contribution in [2.75, 3.05) is 12.4 Å². The van der Waals surface area contributed by atoms with E-state index in [9.17, 15) is 8.42 Å². The fraction of sp³-hybridized carbons (Fsp3) is 0.500. The molecule has 0 spiro atoms. The van der Waals surface area contributed by atoms with Crippen LogP contribution in [0.3, 0.4) is 0 Å². The SMILES string of the molecule is CCC1CC1Nc1ccccc1S(=O)(=O)NC. The van der Waals surface area contributed by atoms with Crippen molar-refractivity contribution in [3.05, 3.63) is 24.3 Å². The highest BCUT2D eigenvalue weighted by Gasteiger charge is 2.35. The molecule has 17 heavy (non-hydrogen) atoms. The first-order valence-electron chi connectivity index (χ1n) is 5.87. The third-order valence-corrected chi connectivity index (χ3v) is 4.71. The van der Waals surface area contributed by atoms with E-state index in [1.807, 2.05) is 12.1 Å². The summed E-state index contributed by atoms with van der Waals surface area (Å²) < 4.78 is 26.0. The number of rotatable bonds is 5. The van der Waals surface area contributed by atoms with Crippen molar-refractivity contribution in [1.82, 2.24) is 4.72 Å². The lowest BCUT2D eigenvalue weighted by Gasteiger charge is -2.11. The quantitative estimate of drug-likeness (QED) is 0.842. The van der Waals surface area contributed by atoms with Crippen LogP contribution in [0.5, 0.6) is 0 Å². The Bertz CT molecular complexity index is 499. The minimum Gasteiger partial charge on any atom is -0.381 e. The Morgan fingerprint density at radius 3 is 2.65 bits per heavy atom. The van der Waals surface area contributed by atoms with E-state index in [0.717, 1.165) is 12.8 Å². The van der Waals surface area contributed by atoms with Crippen LogP contribution in [0, 0.1) is 5.92 Å². The molecule has 0 bridgehead atoms. The van der Waals surface area contributed by atoms with Crippen LogP contribution >= 0.6 is 0 Å². The number of hydrogen-bond donors (Lipinski definition) is 2. The maximum Gasteiger partial charge on any atom is 0.242 e. The first-order chi connectivity index (χ1) is 8.08. The van der Waals surface area contributed by atoms with Crippen LogP contribution in [0.15, 0.2) is 29.2 Å². The lowest BCUT2D eigenvalue weighted by molar-refractivity contribution is 0.588. The van der Waals surface area contributed by atoms with Gasteiger partial charge in [0.05, 0.1) is 5.69 Å². The van der Waals surface area contributed by atoms with Gasteiger partial charge in [0.15, 0.2) is 0 Å². The second-order valence-corrected chi connectivity index (χ2v) is 6.21. The molecular weight excluding hydrogens is 236 g/mol. The maximum absolute atomic E-state index is 11.8. The molecule has 4 nitrogen and oxygen atoms in total. The Hall–Kier alpha value is -1.07. The summed E-state index contributed by atoms with van der Waals surface area (Å²) in [5.41, 5.74) is 0.697. The topological polar surface area (TPSA) is 58.2 Å². The second-order valence-electron chi connectivity index (χ2n) is 4.36. The third-order valence-electron chi connectivity index (χ3n) is 3.23. The second kappa shape index (κ2) is 4.66. The number of anilines is 1. The van der Waals surface area contributed by atoms with Crippen LogP contribution in [-0.2, 0) is 10.0 Å². The van der Waals surface area contributed by atoms with E-state index in [-0.39, 0.29) is 0 Å². The molecular formula is C12H18N2O2S. The molecule has 5 heteroatoms. The summed E-state index contributed by atoms with van der Waals surface area (Å²) >= 11 is 0. The van der Waals surface area contributed by atoms with Gasteiger partial charge in [0, 0.05) is 6.04 Å². The van der Waals surface area contributed by atoms with Crippen LogP contribution in [0.4, 0.5) is 5.69 Å². The maximum atomic E-state index is 11.8. The van der Waals surface area contributed by atoms with Crippen LogP contribution in [0.2, 0.25) is 0 Å². The molecule has 2 atom stereocenters. The molecule has 2 unspecified atom stereocenters. The van der Waals surface area contributed by atoms with Crippen LogP contribution in [0.25, 0.3) is 0 Å². The minimum absolute atomic E-state index is 0.323. The van der Waals surface area contributed by atoms with Crippen molar-refractivity contribution in [2.24, 2.45) is 5.92 Å². The van der Waals surface area contributed by atoms with Crippen molar-refractivity contribution >= 4 is 15.7 Å². The normalized spacial score (nSPS) is 23.4. The molecule has 0 saturated heterocycles. The summed E-state index contributed by atoms with van der Waals surface area (Å²) in [6.45, 7) is 2.16. The third kappa shape index (κ3) is 2.61. The van der Waals surface area contributed by atoms with E-state index in [2.05, 4.69) is 17.0 Å². The van der Waals surface area contributed by atoms with Crippen LogP contribution < -0.4 is 10.0 Å². The number of nitrogens with one attached hydrogen (secondary N) is 2. The Kier molecular flexibility index (Phi) is 3.40. The summed E-state index contributed by atoms with van der Waals surface area (Å²) in [6, 6.07) is 7.44. The molecule has 1 saturated carbocycles. The van der Waals surface area contributed by atoms with E-state index in [0.29, 0.717) is 22.5 Å². The number of hydrogen-bond acceptors (Lipinski definition) is 3. The molecule has 0 aromatic heterocycles. The van der Waals surface area contributed by atoms with E-state index >= 15 is 0 Å². The van der Waals surface area contributed by atoms with Gasteiger partial charge in [-0.3, -0.25) is 0 Å². The number of para-hydroxylation sites is 1. The molecule has 0 aliphatic heterocycles. The average Bonchev–Trinajstić information content (AvgIpc) is 3.08. The van der Waals surface area contributed by atoms with Crippen LogP contribution in [-0.4, -0.2) is 21.5 Å². The Morgan fingerprint density at radius 2 is 2.06 bits per heavy atom. The van der Waals surface area contributed by atoms with E-state index in [1.165, 1.54) is 7.05 Å². The highest BCUT2D eigenvalue weighted by atomic mass is 32.2. The van der Waals surface area contributed by atoms with Gasteiger partial charge in [-0.1, -0.05) is 25.5 Å². The van der Waals surface area contributed by atoms with Gasteiger partial charge in [0.25, 0.3) is 0 Å². The van der Waals surface area contributed by atoms with Crippen molar-refractivity contribution in [3.8, 4) is 0 Å². The van der Waals surface area contributed by atoms with Crippen LogP contribution in [0.1, 0.15) is 19.8 Å². The van der Waals surface area contributed by atoms with E-state index in [4.69, 9.17) is 0 Å². The molecule has 0 radical (unpaired) electrons. The summed E-state index contributed by atoms with van der Waals surface area (Å²) in [7, 11) is -1.95. The number of benzene rings is 1. The molecule has 1 aliphatic rings. The van der Waals surface area contributed by atoms with Crippen molar-refractivity contribution in [2.45, 2.75) is 30.7 Å². The predicted molar refractivity (Wildman–Crippen MR) is 68.5 cm³/mol. The summed E-state index contributed by atoms with van der Waals surface area (Å²) in [6.07, 6.45) is 2.27. The standard InChI is InChI=1S/C12H18N2O2S/c1-3-9-8-11(9)14-10-6-4-5-7-12(10)17(15,16)13-2/h4-7,9,11,13-14H,3,8H2,1-2H3. The fourth-order valence-electron chi connectivity index (χ4n) is 2.01. The zero-order valence-electron chi connectivity index (χ0n) is 10.1. The molecule has 94 valence electrons. The van der Waals surface area contributed by atoms with Crippen molar-refractivity contribution in [1.29, 1.82) is 0 Å². The molecule has 0 amide bonds. The summed E-state index contributed by atoms with van der Waals surface area (Å²) in [5.74, 6) is 0.681. The van der Waals surface area contributed by atoms with E-state index < -0.39 is 10.0 Å². The van der Waals surface area contributed by atoms with Crippen molar-refractivity contribution < 1.29 is 8.42 Å². The number of sulfonamides is 1. The predicted octanol–water partition coefficient (Wildman–Crippen LogP) is 1.81. The Labute approximate surface area is 102 Å². The summed E-state index contributed by atoms with van der Waals surface area (Å²) in [5, 5.41) is 3.31. The lowest BCUT2D eigenvalue weighted by Crippen LogP contribution is -2.20. The summed E-state index contributed by atoms with van der Waals surface area (Å²) in [4.78, 5) is 0.323. The monoisotopic (exact) mass is 254 g/mol. The molecule has 1 aliphatic carbocycles. The molecule has 1 aromatic carbocycles. The fourth-order valence-corrected chi connectivity index (χ4v) is 2.90. The zero-order valence-corrected chi connectivity index (χ0v) is 10.9. The Balaban J connectivity index is 2.23. The molecule has 1 fully saturated rings. The Morgan fingerprint density at radius 1 is 1.35 bits per heavy atom. The minimum atomic E-state index is -3.38. The molecule has 2 N–H and O–H groups in total. The average molecular weight is 254 g/mol. The highest BCUT2D eigenvalue weighted by Crippen LogP contribution is 2.37. The van der Waals surface area contributed by atoms with E-state index in [1.54, 1.807) is 12.1 Å². The highest BCUT2D eigenvalue weighted by molar-refractivity contribution is 7.89. The first-order valence-corrected chi connectivity index (χ1v) is 7.36. The van der Waals surface area contributed by atoms with Gasteiger partial charge in [-0.05, 0) is 31.5 Å². The first kappa shape index (κ1) is 12.4. The smallest absolute Gasteiger partial charge is 0.242 e. The molecule has 1 aromatic rings.